The van der Waals surface area contributed by atoms with Gasteiger partial charge in [0.25, 0.3) is 10.0 Å². The molecule has 0 aliphatic carbocycles. The summed E-state index contributed by atoms with van der Waals surface area (Å²) in [7, 11) is 0.169. The first-order valence-electron chi connectivity index (χ1n) is 7.05. The van der Waals surface area contributed by atoms with Crippen molar-refractivity contribution in [2.24, 2.45) is 4.99 Å². The molecule has 0 bridgehead atoms. The molecule has 0 aromatic carbocycles. The average Bonchev–Trinajstić information content (AvgIpc) is 2.99. The molecule has 1 fully saturated rings. The summed E-state index contributed by atoms with van der Waals surface area (Å²) in [5.74, 6) is 0.684. The fourth-order valence-corrected chi connectivity index (χ4v) is 5.24. The fourth-order valence-electron chi connectivity index (χ4n) is 2.27. The van der Waals surface area contributed by atoms with Crippen molar-refractivity contribution in [3.8, 4) is 0 Å². The molecule has 1 saturated heterocycles. The van der Waals surface area contributed by atoms with E-state index in [9.17, 15) is 8.42 Å². The molecule has 0 saturated carbocycles. The Hall–Kier alpha value is -0.390. The van der Waals surface area contributed by atoms with Crippen LogP contribution in [0.2, 0.25) is 0 Å². The minimum Gasteiger partial charge on any atom is -0.359 e. The first-order valence-corrected chi connectivity index (χ1v) is 9.31. The van der Waals surface area contributed by atoms with Crippen molar-refractivity contribution in [2.45, 2.75) is 30.0 Å². The van der Waals surface area contributed by atoms with Crippen LogP contribution in [0.5, 0.6) is 0 Å². The zero-order valence-corrected chi connectivity index (χ0v) is 16.8. The number of nitrogens with zero attached hydrogens (tertiary/aromatic N) is 2. The van der Waals surface area contributed by atoms with Gasteiger partial charge in [0.1, 0.15) is 4.21 Å². The Morgan fingerprint density at radius 1 is 1.32 bits per heavy atom. The molecule has 126 valence electrons. The summed E-state index contributed by atoms with van der Waals surface area (Å²) in [6.45, 7) is 1.84. The zero-order chi connectivity index (χ0) is 15.3. The summed E-state index contributed by atoms with van der Waals surface area (Å²) in [5, 5.41) is 6.05. The first-order chi connectivity index (χ1) is 10.1. The lowest BCUT2D eigenvalue weighted by Crippen LogP contribution is -2.35. The Balaban J connectivity index is 0.00000242. The highest BCUT2D eigenvalue weighted by atomic mass is 127. The third kappa shape index (κ3) is 4.80. The predicted molar refractivity (Wildman–Crippen MR) is 102 cm³/mol. The summed E-state index contributed by atoms with van der Waals surface area (Å²) in [6.07, 6.45) is 3.03. The zero-order valence-electron chi connectivity index (χ0n) is 12.8. The summed E-state index contributed by atoms with van der Waals surface area (Å²) in [4.78, 5) is 5.00. The lowest BCUT2D eigenvalue weighted by molar-refractivity contribution is 0.347. The lowest BCUT2D eigenvalue weighted by atomic mass is 10.2. The SMILES string of the molecule is CN=C(NC)NCc1ccc(S(=O)(=O)N2CCCCC2)s1.I. The third-order valence-electron chi connectivity index (χ3n) is 3.44. The number of halogens is 1. The third-order valence-corrected chi connectivity index (χ3v) is 6.89. The quantitative estimate of drug-likeness (QED) is 0.410. The van der Waals surface area contributed by atoms with Crippen molar-refractivity contribution in [2.75, 3.05) is 27.2 Å². The number of rotatable bonds is 4. The molecule has 2 rings (SSSR count). The highest BCUT2D eigenvalue weighted by Gasteiger charge is 2.27. The van der Waals surface area contributed by atoms with Crippen LogP contribution < -0.4 is 10.6 Å². The van der Waals surface area contributed by atoms with E-state index >= 15 is 0 Å². The number of piperidine rings is 1. The van der Waals surface area contributed by atoms with Gasteiger partial charge in [-0.05, 0) is 25.0 Å². The molecule has 2 N–H and O–H groups in total. The summed E-state index contributed by atoms with van der Waals surface area (Å²) in [5.41, 5.74) is 0. The van der Waals surface area contributed by atoms with E-state index < -0.39 is 10.0 Å². The fraction of sp³-hybridized carbons (Fsp3) is 0.615. The van der Waals surface area contributed by atoms with Gasteiger partial charge in [-0.25, -0.2) is 8.42 Å². The highest BCUT2D eigenvalue weighted by molar-refractivity contribution is 14.0. The Bertz CT molecular complexity index is 595. The molecule has 2 heterocycles. The van der Waals surface area contributed by atoms with Crippen LogP contribution in [0.25, 0.3) is 0 Å². The second-order valence-electron chi connectivity index (χ2n) is 4.86. The highest BCUT2D eigenvalue weighted by Crippen LogP contribution is 2.26. The normalized spacial score (nSPS) is 16.9. The van der Waals surface area contributed by atoms with Crippen LogP contribution in [0, 0.1) is 0 Å². The van der Waals surface area contributed by atoms with E-state index in [1.165, 1.54) is 11.3 Å². The van der Waals surface area contributed by atoms with Gasteiger partial charge in [0.2, 0.25) is 0 Å². The van der Waals surface area contributed by atoms with Crippen molar-refractivity contribution < 1.29 is 8.42 Å². The van der Waals surface area contributed by atoms with E-state index in [-0.39, 0.29) is 24.0 Å². The van der Waals surface area contributed by atoms with Gasteiger partial charge in [-0.15, -0.1) is 35.3 Å². The molecule has 0 radical (unpaired) electrons. The maximum Gasteiger partial charge on any atom is 0.252 e. The maximum absolute atomic E-state index is 12.5. The smallest absolute Gasteiger partial charge is 0.252 e. The molecular weight excluding hydrogens is 435 g/mol. The van der Waals surface area contributed by atoms with Crippen molar-refractivity contribution in [1.29, 1.82) is 0 Å². The largest absolute Gasteiger partial charge is 0.359 e. The number of hydrogen-bond acceptors (Lipinski definition) is 4. The Labute approximate surface area is 153 Å². The lowest BCUT2D eigenvalue weighted by Gasteiger charge is -2.25. The second-order valence-corrected chi connectivity index (χ2v) is 8.19. The van der Waals surface area contributed by atoms with Crippen LogP contribution in [-0.4, -0.2) is 45.9 Å². The molecule has 9 heteroatoms. The summed E-state index contributed by atoms with van der Waals surface area (Å²) >= 11 is 1.32. The van der Waals surface area contributed by atoms with Crippen LogP contribution >= 0.6 is 35.3 Å². The van der Waals surface area contributed by atoms with Gasteiger partial charge in [-0.2, -0.15) is 4.31 Å². The molecule has 0 spiro atoms. The van der Waals surface area contributed by atoms with Gasteiger partial charge in [-0.3, -0.25) is 4.99 Å². The number of nitrogens with one attached hydrogen (secondary N) is 2. The molecular formula is C13H23IN4O2S2. The average molecular weight is 458 g/mol. The topological polar surface area (TPSA) is 73.8 Å². The van der Waals surface area contributed by atoms with Crippen molar-refractivity contribution in [1.82, 2.24) is 14.9 Å². The standard InChI is InChI=1S/C13H22N4O2S2.HI/c1-14-13(15-2)16-10-11-6-7-12(20-11)21(18,19)17-8-4-3-5-9-17;/h6-7H,3-5,8-10H2,1-2H3,(H2,14,15,16);1H. The van der Waals surface area contributed by atoms with Gasteiger partial charge in [0.05, 0.1) is 6.54 Å². The molecule has 22 heavy (non-hydrogen) atoms. The van der Waals surface area contributed by atoms with E-state index in [4.69, 9.17) is 0 Å². The van der Waals surface area contributed by atoms with E-state index in [1.54, 1.807) is 24.5 Å². The molecule has 1 aliphatic rings. The van der Waals surface area contributed by atoms with Crippen LogP contribution in [0.1, 0.15) is 24.1 Å². The predicted octanol–water partition coefficient (Wildman–Crippen LogP) is 1.84. The number of hydrogen-bond donors (Lipinski definition) is 2. The summed E-state index contributed by atoms with van der Waals surface area (Å²) in [6, 6.07) is 3.56. The van der Waals surface area contributed by atoms with E-state index in [2.05, 4.69) is 15.6 Å². The van der Waals surface area contributed by atoms with Crippen molar-refractivity contribution in [3.63, 3.8) is 0 Å². The summed E-state index contributed by atoms with van der Waals surface area (Å²) < 4.78 is 27.1. The molecule has 6 nitrogen and oxygen atoms in total. The van der Waals surface area contributed by atoms with E-state index in [0.717, 1.165) is 24.1 Å². The number of guanidine groups is 1. The second kappa shape index (κ2) is 9.04. The van der Waals surface area contributed by atoms with Crippen LogP contribution in [-0.2, 0) is 16.6 Å². The Morgan fingerprint density at radius 3 is 2.59 bits per heavy atom. The van der Waals surface area contributed by atoms with Crippen molar-refractivity contribution >= 4 is 51.3 Å². The van der Waals surface area contributed by atoms with Crippen LogP contribution in [0.4, 0.5) is 0 Å². The Morgan fingerprint density at radius 2 is 2.00 bits per heavy atom. The molecule has 1 aromatic rings. The molecule has 1 aliphatic heterocycles. The number of sulfonamides is 1. The number of thiophene rings is 1. The molecule has 0 atom stereocenters. The minimum absolute atomic E-state index is 0. The van der Waals surface area contributed by atoms with Crippen LogP contribution in [0.3, 0.4) is 0 Å². The van der Waals surface area contributed by atoms with Gasteiger partial charge < -0.3 is 10.6 Å². The maximum atomic E-state index is 12.5. The minimum atomic E-state index is -3.31. The molecule has 1 aromatic heterocycles. The Kier molecular flexibility index (Phi) is 8.08. The number of aliphatic imine (C=N–C) groups is 1. The van der Waals surface area contributed by atoms with Gasteiger partial charge in [-0.1, -0.05) is 6.42 Å². The molecule has 0 amide bonds. The van der Waals surface area contributed by atoms with Gasteiger partial charge >= 0.3 is 0 Å². The van der Waals surface area contributed by atoms with Crippen LogP contribution in [0.15, 0.2) is 21.3 Å². The first kappa shape index (κ1) is 19.7. The van der Waals surface area contributed by atoms with Crippen molar-refractivity contribution in [3.05, 3.63) is 17.0 Å². The van der Waals surface area contributed by atoms with E-state index in [0.29, 0.717) is 29.8 Å². The van der Waals surface area contributed by atoms with Gasteiger partial charge in [0.15, 0.2) is 5.96 Å². The monoisotopic (exact) mass is 458 g/mol. The molecule has 0 unspecified atom stereocenters. The van der Waals surface area contributed by atoms with E-state index in [1.807, 2.05) is 6.07 Å². The van der Waals surface area contributed by atoms with Gasteiger partial charge in [0, 0.05) is 32.1 Å².